The van der Waals surface area contributed by atoms with E-state index in [0.29, 0.717) is 11.8 Å². The van der Waals surface area contributed by atoms with Crippen LogP contribution in [0.3, 0.4) is 0 Å². The van der Waals surface area contributed by atoms with Crippen molar-refractivity contribution in [2.75, 3.05) is 12.4 Å². The maximum atomic E-state index is 12.4. The molecule has 0 spiro atoms. The molecule has 3 nitrogen and oxygen atoms in total. The summed E-state index contributed by atoms with van der Waals surface area (Å²) in [5.41, 5.74) is 0.798. The van der Waals surface area contributed by atoms with E-state index in [1.807, 2.05) is 6.07 Å². The van der Waals surface area contributed by atoms with Crippen molar-refractivity contribution in [2.45, 2.75) is 51.7 Å². The molecule has 0 radical (unpaired) electrons. The van der Waals surface area contributed by atoms with Crippen LogP contribution in [0.15, 0.2) is 18.2 Å². The highest BCUT2D eigenvalue weighted by atomic mass is 19.3. The molecule has 5 heteroatoms. The third-order valence-electron chi connectivity index (χ3n) is 4.17. The van der Waals surface area contributed by atoms with Crippen LogP contribution in [0.4, 0.5) is 14.5 Å². The van der Waals surface area contributed by atoms with Crippen LogP contribution in [0, 0.1) is 5.92 Å². The van der Waals surface area contributed by atoms with E-state index in [1.54, 1.807) is 12.1 Å². The molecule has 1 saturated carbocycles. The minimum atomic E-state index is -2.85. The number of rotatable bonds is 6. The number of anilines is 1. The molecule has 1 aliphatic rings. The first kappa shape index (κ1) is 15.9. The first-order chi connectivity index (χ1) is 10.1. The summed E-state index contributed by atoms with van der Waals surface area (Å²) in [7, 11) is 1.44. The largest absolute Gasteiger partial charge is 0.493 e. The standard InChI is InChI=1S/C16H23F2NO2/c1-3-11-4-6-12(7-5-11)19-13-8-9-14(20-2)15(10-13)21-16(17)18/h8-12,16,19H,3-7H2,1-2H3. The molecule has 1 fully saturated rings. The molecule has 1 aromatic rings. The van der Waals surface area contributed by atoms with Gasteiger partial charge in [0.15, 0.2) is 11.5 Å². The molecule has 118 valence electrons. The highest BCUT2D eigenvalue weighted by Gasteiger charge is 2.20. The van der Waals surface area contributed by atoms with Crippen molar-refractivity contribution < 1.29 is 18.3 Å². The number of alkyl halides is 2. The van der Waals surface area contributed by atoms with Gasteiger partial charge in [-0.3, -0.25) is 0 Å². The van der Waals surface area contributed by atoms with E-state index in [-0.39, 0.29) is 5.75 Å². The average molecular weight is 299 g/mol. The van der Waals surface area contributed by atoms with Crippen molar-refractivity contribution in [1.82, 2.24) is 0 Å². The summed E-state index contributed by atoms with van der Waals surface area (Å²) in [6, 6.07) is 5.47. The number of halogens is 2. The van der Waals surface area contributed by atoms with Crippen LogP contribution < -0.4 is 14.8 Å². The fourth-order valence-electron chi connectivity index (χ4n) is 2.91. The molecule has 1 N–H and O–H groups in total. The van der Waals surface area contributed by atoms with E-state index in [9.17, 15) is 8.78 Å². The molecule has 0 aliphatic heterocycles. The maximum absolute atomic E-state index is 12.4. The fraction of sp³-hybridized carbons (Fsp3) is 0.625. The van der Waals surface area contributed by atoms with Crippen molar-refractivity contribution in [3.8, 4) is 11.5 Å². The number of hydrogen-bond acceptors (Lipinski definition) is 3. The topological polar surface area (TPSA) is 30.5 Å². The molecule has 1 aromatic carbocycles. The summed E-state index contributed by atoms with van der Waals surface area (Å²) in [5.74, 6) is 1.21. The van der Waals surface area contributed by atoms with Gasteiger partial charge in [-0.2, -0.15) is 8.78 Å². The number of hydrogen-bond donors (Lipinski definition) is 1. The molecule has 0 aromatic heterocycles. The Kier molecular flexibility index (Phi) is 5.65. The first-order valence-corrected chi connectivity index (χ1v) is 7.51. The molecular weight excluding hydrogens is 276 g/mol. The van der Waals surface area contributed by atoms with E-state index in [2.05, 4.69) is 17.0 Å². The van der Waals surface area contributed by atoms with Crippen molar-refractivity contribution in [3.05, 3.63) is 18.2 Å². The summed E-state index contributed by atoms with van der Waals surface area (Å²) in [5, 5.41) is 3.41. The lowest BCUT2D eigenvalue weighted by atomic mass is 9.84. The van der Waals surface area contributed by atoms with Crippen LogP contribution in [-0.4, -0.2) is 19.8 Å². The maximum Gasteiger partial charge on any atom is 0.387 e. The Morgan fingerprint density at radius 3 is 2.48 bits per heavy atom. The van der Waals surface area contributed by atoms with Crippen molar-refractivity contribution in [2.24, 2.45) is 5.92 Å². The minimum absolute atomic E-state index is 0.0692. The van der Waals surface area contributed by atoms with Crippen molar-refractivity contribution in [1.29, 1.82) is 0 Å². The molecule has 0 saturated heterocycles. The zero-order valence-electron chi connectivity index (χ0n) is 12.6. The Morgan fingerprint density at radius 1 is 1.19 bits per heavy atom. The van der Waals surface area contributed by atoms with Gasteiger partial charge in [0, 0.05) is 17.8 Å². The Balaban J connectivity index is 2.00. The lowest BCUT2D eigenvalue weighted by Gasteiger charge is -2.29. The monoisotopic (exact) mass is 299 g/mol. The molecule has 0 unspecified atom stereocenters. The van der Waals surface area contributed by atoms with Gasteiger partial charge >= 0.3 is 6.61 Å². The Labute approximate surface area is 124 Å². The van der Waals surface area contributed by atoms with Gasteiger partial charge in [-0.1, -0.05) is 13.3 Å². The number of ether oxygens (including phenoxy) is 2. The van der Waals surface area contributed by atoms with Gasteiger partial charge in [-0.15, -0.1) is 0 Å². The molecule has 0 bridgehead atoms. The molecule has 21 heavy (non-hydrogen) atoms. The van der Waals surface area contributed by atoms with Crippen LogP contribution in [0.5, 0.6) is 11.5 Å². The van der Waals surface area contributed by atoms with E-state index < -0.39 is 6.61 Å². The van der Waals surface area contributed by atoms with Gasteiger partial charge < -0.3 is 14.8 Å². The molecule has 1 aliphatic carbocycles. The quantitative estimate of drug-likeness (QED) is 0.827. The van der Waals surface area contributed by atoms with Gasteiger partial charge in [0.2, 0.25) is 0 Å². The summed E-state index contributed by atoms with van der Waals surface area (Å²) >= 11 is 0. The minimum Gasteiger partial charge on any atom is -0.493 e. The average Bonchev–Trinajstić information content (AvgIpc) is 2.48. The first-order valence-electron chi connectivity index (χ1n) is 7.51. The Morgan fingerprint density at radius 2 is 1.90 bits per heavy atom. The molecule has 2 rings (SSSR count). The highest BCUT2D eigenvalue weighted by molar-refractivity contribution is 5.55. The Bertz CT molecular complexity index is 446. The predicted octanol–water partition coefficient (Wildman–Crippen LogP) is 4.68. The van der Waals surface area contributed by atoms with Crippen LogP contribution in [0.2, 0.25) is 0 Å². The molecule has 0 heterocycles. The smallest absolute Gasteiger partial charge is 0.387 e. The third-order valence-corrected chi connectivity index (χ3v) is 4.17. The SMILES string of the molecule is CCC1CCC(Nc2ccc(OC)c(OC(F)F)c2)CC1. The molecular formula is C16H23F2NO2. The zero-order chi connectivity index (χ0) is 15.2. The lowest BCUT2D eigenvalue weighted by molar-refractivity contribution is -0.0511. The van der Waals surface area contributed by atoms with Gasteiger partial charge in [0.05, 0.1) is 7.11 Å². The van der Waals surface area contributed by atoms with E-state index in [0.717, 1.165) is 24.4 Å². The fourth-order valence-corrected chi connectivity index (χ4v) is 2.91. The highest BCUT2D eigenvalue weighted by Crippen LogP contribution is 2.33. The number of nitrogens with one attached hydrogen (secondary N) is 1. The second kappa shape index (κ2) is 7.48. The predicted molar refractivity (Wildman–Crippen MR) is 79.3 cm³/mol. The zero-order valence-corrected chi connectivity index (χ0v) is 12.6. The van der Waals surface area contributed by atoms with Crippen LogP contribution in [0.25, 0.3) is 0 Å². The summed E-state index contributed by atoms with van der Waals surface area (Å²) < 4.78 is 34.4. The normalized spacial score (nSPS) is 22.1. The lowest BCUT2D eigenvalue weighted by Crippen LogP contribution is -2.25. The van der Waals surface area contributed by atoms with Crippen molar-refractivity contribution >= 4 is 5.69 Å². The van der Waals surface area contributed by atoms with Gasteiger partial charge in [-0.05, 0) is 43.7 Å². The van der Waals surface area contributed by atoms with Gasteiger partial charge in [0.25, 0.3) is 0 Å². The molecule has 0 amide bonds. The van der Waals surface area contributed by atoms with E-state index >= 15 is 0 Å². The summed E-state index contributed by atoms with van der Waals surface area (Å²) in [4.78, 5) is 0. The Hall–Kier alpha value is -1.52. The van der Waals surface area contributed by atoms with E-state index in [1.165, 1.54) is 26.4 Å². The van der Waals surface area contributed by atoms with Gasteiger partial charge in [0.1, 0.15) is 0 Å². The van der Waals surface area contributed by atoms with Crippen LogP contribution >= 0.6 is 0 Å². The second-order valence-electron chi connectivity index (χ2n) is 5.51. The molecule has 0 atom stereocenters. The number of methoxy groups -OCH3 is 1. The number of benzene rings is 1. The van der Waals surface area contributed by atoms with E-state index in [4.69, 9.17) is 4.74 Å². The van der Waals surface area contributed by atoms with Crippen LogP contribution in [0.1, 0.15) is 39.0 Å². The van der Waals surface area contributed by atoms with Crippen molar-refractivity contribution in [3.63, 3.8) is 0 Å². The van der Waals surface area contributed by atoms with Gasteiger partial charge in [-0.25, -0.2) is 0 Å². The third kappa shape index (κ3) is 4.48. The summed E-state index contributed by atoms with van der Waals surface area (Å²) in [6.45, 7) is -0.621. The van der Waals surface area contributed by atoms with Crippen LogP contribution in [-0.2, 0) is 0 Å². The summed E-state index contributed by atoms with van der Waals surface area (Å²) in [6.07, 6.45) is 5.93. The second-order valence-corrected chi connectivity index (χ2v) is 5.51.